The first kappa shape index (κ1) is 11.6. The highest BCUT2D eigenvalue weighted by atomic mass is 16.2. The van der Waals surface area contributed by atoms with Crippen LogP contribution >= 0.6 is 0 Å². The van der Waals surface area contributed by atoms with Gasteiger partial charge in [-0.15, -0.1) is 0 Å². The number of amides is 1. The fourth-order valence-corrected chi connectivity index (χ4v) is 2.77. The molecule has 4 unspecified atom stereocenters. The lowest BCUT2D eigenvalue weighted by atomic mass is 9.90. The van der Waals surface area contributed by atoms with E-state index in [2.05, 4.69) is 18.7 Å². The van der Waals surface area contributed by atoms with E-state index in [1.165, 1.54) is 6.42 Å². The second kappa shape index (κ2) is 4.58. The lowest BCUT2D eigenvalue weighted by molar-refractivity contribution is -0.138. The van der Waals surface area contributed by atoms with Crippen LogP contribution in [0.5, 0.6) is 0 Å². The summed E-state index contributed by atoms with van der Waals surface area (Å²) < 4.78 is 0. The molecular formula is C13H22N2O. The summed E-state index contributed by atoms with van der Waals surface area (Å²) in [5.74, 6) is 0.933. The Morgan fingerprint density at radius 2 is 2.12 bits per heavy atom. The van der Waals surface area contributed by atoms with E-state index in [1.807, 2.05) is 12.2 Å². The van der Waals surface area contributed by atoms with Crippen molar-refractivity contribution in [3.8, 4) is 0 Å². The summed E-state index contributed by atoms with van der Waals surface area (Å²) in [4.78, 5) is 14.4. The van der Waals surface area contributed by atoms with Gasteiger partial charge in [0.05, 0.1) is 5.92 Å². The highest BCUT2D eigenvalue weighted by Crippen LogP contribution is 2.27. The van der Waals surface area contributed by atoms with Crippen molar-refractivity contribution in [2.75, 3.05) is 6.54 Å². The number of nitrogens with zero attached hydrogens (tertiary/aromatic N) is 1. The number of hydrogen-bond acceptors (Lipinski definition) is 2. The van der Waals surface area contributed by atoms with Crippen molar-refractivity contribution in [2.24, 2.45) is 17.6 Å². The number of likely N-dealkylation sites (tertiary alicyclic amines) is 1. The summed E-state index contributed by atoms with van der Waals surface area (Å²) in [6, 6.07) is 0.456. The first-order valence-electron chi connectivity index (χ1n) is 6.34. The Morgan fingerprint density at radius 3 is 2.75 bits per heavy atom. The van der Waals surface area contributed by atoms with Gasteiger partial charge in [0.1, 0.15) is 0 Å². The minimum absolute atomic E-state index is 0.0303. The molecular weight excluding hydrogens is 200 g/mol. The average Bonchev–Trinajstić information content (AvgIpc) is 2.68. The van der Waals surface area contributed by atoms with Gasteiger partial charge in [0.2, 0.25) is 5.91 Å². The van der Waals surface area contributed by atoms with Crippen LogP contribution in [0.25, 0.3) is 0 Å². The highest BCUT2D eigenvalue weighted by Gasteiger charge is 2.33. The van der Waals surface area contributed by atoms with E-state index in [1.54, 1.807) is 0 Å². The lowest BCUT2D eigenvalue weighted by Gasteiger charge is -2.39. The maximum absolute atomic E-state index is 12.3. The van der Waals surface area contributed by atoms with Crippen LogP contribution in [0.4, 0.5) is 0 Å². The fraction of sp³-hybridized carbons (Fsp3) is 0.769. The van der Waals surface area contributed by atoms with Crippen LogP contribution in [0, 0.1) is 11.8 Å². The summed E-state index contributed by atoms with van der Waals surface area (Å²) in [6.07, 6.45) is 7.11. The van der Waals surface area contributed by atoms with Crippen molar-refractivity contribution in [2.45, 2.75) is 45.2 Å². The molecule has 0 saturated carbocycles. The van der Waals surface area contributed by atoms with E-state index < -0.39 is 0 Å². The molecule has 1 amide bonds. The Hall–Kier alpha value is -0.830. The summed E-state index contributed by atoms with van der Waals surface area (Å²) in [5.41, 5.74) is 5.80. The highest BCUT2D eigenvalue weighted by molar-refractivity contribution is 5.81. The van der Waals surface area contributed by atoms with Gasteiger partial charge >= 0.3 is 0 Å². The second-order valence-electron chi connectivity index (χ2n) is 5.28. The van der Waals surface area contributed by atoms with Crippen molar-refractivity contribution in [3.63, 3.8) is 0 Å². The maximum atomic E-state index is 12.3. The van der Waals surface area contributed by atoms with E-state index in [0.29, 0.717) is 12.0 Å². The van der Waals surface area contributed by atoms with Gasteiger partial charge in [-0.2, -0.15) is 0 Å². The Balaban J connectivity index is 2.01. The third-order valence-electron chi connectivity index (χ3n) is 4.09. The third kappa shape index (κ3) is 2.14. The molecule has 2 rings (SSSR count). The molecule has 1 aliphatic heterocycles. The van der Waals surface area contributed by atoms with E-state index in [-0.39, 0.29) is 17.9 Å². The predicted molar refractivity (Wildman–Crippen MR) is 64.8 cm³/mol. The molecule has 0 spiro atoms. The molecule has 0 aromatic carbocycles. The third-order valence-corrected chi connectivity index (χ3v) is 4.09. The van der Waals surface area contributed by atoms with Crippen LogP contribution < -0.4 is 5.73 Å². The molecule has 0 bridgehead atoms. The predicted octanol–water partition coefficient (Wildman–Crippen LogP) is 1.54. The molecule has 1 aliphatic carbocycles. The molecule has 2 aliphatic rings. The van der Waals surface area contributed by atoms with E-state index in [4.69, 9.17) is 5.73 Å². The van der Waals surface area contributed by atoms with Gasteiger partial charge in [0.25, 0.3) is 0 Å². The fourth-order valence-electron chi connectivity index (χ4n) is 2.77. The second-order valence-corrected chi connectivity index (χ2v) is 5.28. The monoisotopic (exact) mass is 222 g/mol. The van der Waals surface area contributed by atoms with Crippen LogP contribution in [-0.2, 0) is 4.79 Å². The van der Waals surface area contributed by atoms with Gasteiger partial charge in [-0.05, 0) is 32.1 Å². The van der Waals surface area contributed by atoms with Crippen LogP contribution in [0.3, 0.4) is 0 Å². The largest absolute Gasteiger partial charge is 0.339 e. The molecule has 0 radical (unpaired) electrons. The standard InChI is InChI=1S/C13H22N2O/c1-9-4-3-7-15(10(9)2)13(16)11-5-6-12(14)8-11/h5-6,9-12H,3-4,7-8,14H2,1-2H3. The number of nitrogens with two attached hydrogens (primary N) is 1. The minimum Gasteiger partial charge on any atom is -0.339 e. The average molecular weight is 222 g/mol. The number of hydrogen-bond donors (Lipinski definition) is 1. The van der Waals surface area contributed by atoms with Crippen LogP contribution in [-0.4, -0.2) is 29.4 Å². The lowest BCUT2D eigenvalue weighted by Crippen LogP contribution is -2.48. The first-order chi connectivity index (χ1) is 7.59. The molecule has 90 valence electrons. The van der Waals surface area contributed by atoms with Gasteiger partial charge in [-0.3, -0.25) is 4.79 Å². The molecule has 3 nitrogen and oxygen atoms in total. The Labute approximate surface area is 97.7 Å². The summed E-state index contributed by atoms with van der Waals surface area (Å²) in [5, 5.41) is 0. The van der Waals surface area contributed by atoms with Crippen LogP contribution in [0.15, 0.2) is 12.2 Å². The van der Waals surface area contributed by atoms with E-state index >= 15 is 0 Å². The molecule has 16 heavy (non-hydrogen) atoms. The van der Waals surface area contributed by atoms with Crippen molar-refractivity contribution < 1.29 is 4.79 Å². The van der Waals surface area contributed by atoms with E-state index in [0.717, 1.165) is 19.4 Å². The topological polar surface area (TPSA) is 46.3 Å². The molecule has 4 atom stereocenters. The van der Waals surface area contributed by atoms with Gasteiger partial charge in [0.15, 0.2) is 0 Å². The molecule has 1 saturated heterocycles. The quantitative estimate of drug-likeness (QED) is 0.684. The van der Waals surface area contributed by atoms with Gasteiger partial charge < -0.3 is 10.6 Å². The Kier molecular flexibility index (Phi) is 3.33. The molecule has 0 aromatic heterocycles. The molecule has 3 heteroatoms. The van der Waals surface area contributed by atoms with Gasteiger partial charge in [-0.1, -0.05) is 19.1 Å². The summed E-state index contributed by atoms with van der Waals surface area (Å²) in [7, 11) is 0. The van der Waals surface area contributed by atoms with Gasteiger partial charge in [-0.25, -0.2) is 0 Å². The summed E-state index contributed by atoms with van der Waals surface area (Å²) in [6.45, 7) is 5.32. The van der Waals surface area contributed by atoms with Crippen molar-refractivity contribution in [3.05, 3.63) is 12.2 Å². The SMILES string of the molecule is CC1CCCN(C(=O)C2C=CC(N)C2)C1C. The van der Waals surface area contributed by atoms with Crippen molar-refractivity contribution >= 4 is 5.91 Å². The molecule has 1 heterocycles. The smallest absolute Gasteiger partial charge is 0.229 e. The number of carbonyl (C=O) groups is 1. The minimum atomic E-state index is 0.0303. The first-order valence-corrected chi connectivity index (χ1v) is 6.34. The molecule has 1 fully saturated rings. The number of piperidine rings is 1. The number of carbonyl (C=O) groups excluding carboxylic acids is 1. The summed E-state index contributed by atoms with van der Waals surface area (Å²) >= 11 is 0. The number of rotatable bonds is 1. The van der Waals surface area contributed by atoms with Gasteiger partial charge in [0, 0.05) is 18.6 Å². The molecule has 2 N–H and O–H groups in total. The zero-order chi connectivity index (χ0) is 11.7. The van der Waals surface area contributed by atoms with Crippen molar-refractivity contribution in [1.29, 1.82) is 0 Å². The van der Waals surface area contributed by atoms with E-state index in [9.17, 15) is 4.79 Å². The van der Waals surface area contributed by atoms with Crippen LogP contribution in [0.1, 0.15) is 33.1 Å². The van der Waals surface area contributed by atoms with Crippen LogP contribution in [0.2, 0.25) is 0 Å². The zero-order valence-corrected chi connectivity index (χ0v) is 10.2. The Morgan fingerprint density at radius 1 is 1.38 bits per heavy atom. The maximum Gasteiger partial charge on any atom is 0.229 e. The molecule has 0 aromatic rings. The normalized spacial score (nSPS) is 39.1. The zero-order valence-electron chi connectivity index (χ0n) is 10.2. The van der Waals surface area contributed by atoms with Crippen molar-refractivity contribution in [1.82, 2.24) is 4.90 Å². The Bertz CT molecular complexity index is 300.